The van der Waals surface area contributed by atoms with E-state index in [-0.39, 0.29) is 0 Å². The zero-order valence-electron chi connectivity index (χ0n) is 9.40. The Labute approximate surface area is 94.9 Å². The van der Waals surface area contributed by atoms with Crippen LogP contribution in [0.15, 0.2) is 36.5 Å². The molecule has 82 valence electrons. The Morgan fingerprint density at radius 2 is 2.00 bits per heavy atom. The molecule has 0 aliphatic rings. The topological polar surface area (TPSA) is 48.1 Å². The quantitative estimate of drug-likeness (QED) is 0.782. The lowest BCUT2D eigenvalue weighted by molar-refractivity contribution is 0.399. The SMILES string of the molecule is COc1ncccc1-c1cc(C)ccc1N. The van der Waals surface area contributed by atoms with E-state index in [1.807, 2.05) is 37.3 Å². The molecular formula is C13H14N2O. The van der Waals surface area contributed by atoms with Crippen molar-refractivity contribution in [2.45, 2.75) is 6.92 Å². The van der Waals surface area contributed by atoms with Gasteiger partial charge in [-0.3, -0.25) is 0 Å². The van der Waals surface area contributed by atoms with Crippen molar-refractivity contribution < 1.29 is 4.74 Å². The van der Waals surface area contributed by atoms with Gasteiger partial charge < -0.3 is 10.5 Å². The highest BCUT2D eigenvalue weighted by Gasteiger charge is 2.09. The number of ether oxygens (including phenoxy) is 1. The maximum Gasteiger partial charge on any atom is 0.221 e. The first-order valence-electron chi connectivity index (χ1n) is 5.08. The number of hydrogen-bond donors (Lipinski definition) is 1. The van der Waals surface area contributed by atoms with Crippen molar-refractivity contribution >= 4 is 5.69 Å². The third-order valence-corrected chi connectivity index (χ3v) is 2.46. The summed E-state index contributed by atoms with van der Waals surface area (Å²) < 4.78 is 5.23. The Morgan fingerprint density at radius 3 is 2.75 bits per heavy atom. The molecule has 2 rings (SSSR count). The molecular weight excluding hydrogens is 200 g/mol. The molecule has 1 heterocycles. The molecule has 0 radical (unpaired) electrons. The molecule has 1 aromatic heterocycles. The van der Waals surface area contributed by atoms with E-state index in [0.29, 0.717) is 5.88 Å². The first-order valence-corrected chi connectivity index (χ1v) is 5.08. The van der Waals surface area contributed by atoms with E-state index in [9.17, 15) is 0 Å². The average molecular weight is 214 g/mol. The van der Waals surface area contributed by atoms with Gasteiger partial charge in [-0.1, -0.05) is 11.6 Å². The largest absolute Gasteiger partial charge is 0.481 e. The van der Waals surface area contributed by atoms with E-state index < -0.39 is 0 Å². The lowest BCUT2D eigenvalue weighted by atomic mass is 10.0. The van der Waals surface area contributed by atoms with Crippen molar-refractivity contribution in [1.82, 2.24) is 4.98 Å². The maximum absolute atomic E-state index is 5.96. The second-order valence-corrected chi connectivity index (χ2v) is 3.65. The number of pyridine rings is 1. The summed E-state index contributed by atoms with van der Waals surface area (Å²) in [5.41, 5.74) is 9.74. The monoisotopic (exact) mass is 214 g/mol. The summed E-state index contributed by atoms with van der Waals surface area (Å²) in [6.45, 7) is 2.03. The van der Waals surface area contributed by atoms with E-state index in [1.54, 1.807) is 13.3 Å². The van der Waals surface area contributed by atoms with Crippen molar-refractivity contribution in [2.24, 2.45) is 0 Å². The van der Waals surface area contributed by atoms with Crippen LogP contribution in [-0.4, -0.2) is 12.1 Å². The van der Waals surface area contributed by atoms with Gasteiger partial charge in [-0.25, -0.2) is 4.98 Å². The number of benzene rings is 1. The van der Waals surface area contributed by atoms with Gasteiger partial charge in [0.05, 0.1) is 7.11 Å². The Morgan fingerprint density at radius 1 is 1.19 bits per heavy atom. The first-order chi connectivity index (χ1) is 7.72. The highest BCUT2D eigenvalue weighted by Crippen LogP contribution is 2.32. The van der Waals surface area contributed by atoms with Crippen molar-refractivity contribution in [2.75, 3.05) is 12.8 Å². The summed E-state index contributed by atoms with van der Waals surface area (Å²) in [5.74, 6) is 0.597. The third kappa shape index (κ3) is 1.84. The normalized spacial score (nSPS) is 10.1. The van der Waals surface area contributed by atoms with Crippen LogP contribution < -0.4 is 10.5 Å². The molecule has 16 heavy (non-hydrogen) atoms. The third-order valence-electron chi connectivity index (χ3n) is 2.46. The molecule has 2 aromatic rings. The van der Waals surface area contributed by atoms with Crippen molar-refractivity contribution in [3.63, 3.8) is 0 Å². The van der Waals surface area contributed by atoms with Crippen LogP contribution in [0.4, 0.5) is 5.69 Å². The molecule has 1 aromatic carbocycles. The van der Waals surface area contributed by atoms with Crippen LogP contribution in [0.3, 0.4) is 0 Å². The summed E-state index contributed by atoms with van der Waals surface area (Å²) >= 11 is 0. The first kappa shape index (κ1) is 10.5. The molecule has 2 N–H and O–H groups in total. The van der Waals surface area contributed by atoms with E-state index in [4.69, 9.17) is 10.5 Å². The summed E-state index contributed by atoms with van der Waals surface area (Å²) in [6, 6.07) is 9.75. The minimum atomic E-state index is 0.597. The number of rotatable bonds is 2. The molecule has 0 fully saturated rings. The lowest BCUT2D eigenvalue weighted by Crippen LogP contribution is -1.95. The number of nitrogens with zero attached hydrogens (tertiary/aromatic N) is 1. The fraction of sp³-hybridized carbons (Fsp3) is 0.154. The van der Waals surface area contributed by atoms with E-state index in [1.165, 1.54) is 0 Å². The van der Waals surface area contributed by atoms with Crippen LogP contribution in [0.2, 0.25) is 0 Å². The number of aryl methyl sites for hydroxylation is 1. The minimum Gasteiger partial charge on any atom is -0.481 e. The molecule has 0 unspecified atom stereocenters. The molecule has 0 aliphatic carbocycles. The maximum atomic E-state index is 5.96. The van der Waals surface area contributed by atoms with Crippen molar-refractivity contribution in [3.8, 4) is 17.0 Å². The van der Waals surface area contributed by atoms with E-state index >= 15 is 0 Å². The predicted molar refractivity (Wildman–Crippen MR) is 65.4 cm³/mol. The van der Waals surface area contributed by atoms with Gasteiger partial charge in [0, 0.05) is 23.0 Å². The van der Waals surface area contributed by atoms with Gasteiger partial charge in [0.1, 0.15) is 0 Å². The number of hydrogen-bond acceptors (Lipinski definition) is 3. The second kappa shape index (κ2) is 4.23. The molecule has 0 spiro atoms. The highest BCUT2D eigenvalue weighted by atomic mass is 16.5. The van der Waals surface area contributed by atoms with Crippen LogP contribution in [0.25, 0.3) is 11.1 Å². The van der Waals surface area contributed by atoms with Gasteiger partial charge in [-0.2, -0.15) is 0 Å². The lowest BCUT2D eigenvalue weighted by Gasteiger charge is -2.10. The fourth-order valence-corrected chi connectivity index (χ4v) is 1.66. The molecule has 0 aliphatic heterocycles. The molecule has 3 heteroatoms. The number of nitrogens with two attached hydrogens (primary N) is 1. The molecule has 0 atom stereocenters. The number of anilines is 1. The zero-order chi connectivity index (χ0) is 11.5. The Kier molecular flexibility index (Phi) is 2.77. The summed E-state index contributed by atoms with van der Waals surface area (Å²) in [6.07, 6.45) is 1.70. The second-order valence-electron chi connectivity index (χ2n) is 3.65. The molecule has 0 bridgehead atoms. The Hall–Kier alpha value is -2.03. The van der Waals surface area contributed by atoms with Gasteiger partial charge in [0.2, 0.25) is 5.88 Å². The molecule has 3 nitrogen and oxygen atoms in total. The van der Waals surface area contributed by atoms with E-state index in [2.05, 4.69) is 4.98 Å². The average Bonchev–Trinajstić information content (AvgIpc) is 2.32. The predicted octanol–water partition coefficient (Wildman–Crippen LogP) is 2.65. The zero-order valence-corrected chi connectivity index (χ0v) is 9.40. The molecule has 0 amide bonds. The van der Waals surface area contributed by atoms with Crippen LogP contribution in [0, 0.1) is 6.92 Å². The number of nitrogen functional groups attached to an aromatic ring is 1. The van der Waals surface area contributed by atoms with Crippen molar-refractivity contribution in [1.29, 1.82) is 0 Å². The summed E-state index contributed by atoms with van der Waals surface area (Å²) in [7, 11) is 1.61. The standard InChI is InChI=1S/C13H14N2O/c1-9-5-6-12(14)11(8-9)10-4-3-7-15-13(10)16-2/h3-8H,14H2,1-2H3. The number of methoxy groups -OCH3 is 1. The van der Waals surface area contributed by atoms with Crippen LogP contribution >= 0.6 is 0 Å². The van der Waals surface area contributed by atoms with Crippen LogP contribution in [0.5, 0.6) is 5.88 Å². The Bertz CT molecular complexity index is 509. The van der Waals surface area contributed by atoms with Crippen molar-refractivity contribution in [3.05, 3.63) is 42.1 Å². The molecule has 0 saturated carbocycles. The summed E-state index contributed by atoms with van der Waals surface area (Å²) in [5, 5.41) is 0. The van der Waals surface area contributed by atoms with Gasteiger partial charge >= 0.3 is 0 Å². The number of aromatic nitrogens is 1. The highest BCUT2D eigenvalue weighted by molar-refractivity contribution is 5.79. The van der Waals surface area contributed by atoms with Gasteiger partial charge in [0.15, 0.2) is 0 Å². The molecule has 0 saturated heterocycles. The van der Waals surface area contributed by atoms with Gasteiger partial charge in [-0.15, -0.1) is 0 Å². The summed E-state index contributed by atoms with van der Waals surface area (Å²) in [4.78, 5) is 4.17. The minimum absolute atomic E-state index is 0.597. The smallest absolute Gasteiger partial charge is 0.221 e. The fourth-order valence-electron chi connectivity index (χ4n) is 1.66. The van der Waals surface area contributed by atoms with Gasteiger partial charge in [-0.05, 0) is 31.2 Å². The Balaban J connectivity index is 2.62. The van der Waals surface area contributed by atoms with E-state index in [0.717, 1.165) is 22.4 Å². The van der Waals surface area contributed by atoms with Gasteiger partial charge in [0.25, 0.3) is 0 Å². The van der Waals surface area contributed by atoms with Crippen LogP contribution in [-0.2, 0) is 0 Å². The van der Waals surface area contributed by atoms with Crippen LogP contribution in [0.1, 0.15) is 5.56 Å².